The van der Waals surface area contributed by atoms with Gasteiger partial charge in [-0.25, -0.2) is 0 Å². The predicted octanol–water partition coefficient (Wildman–Crippen LogP) is 3.60. The molecule has 1 N–H and O–H groups in total. The summed E-state index contributed by atoms with van der Waals surface area (Å²) in [6.07, 6.45) is 7.14. The van der Waals surface area contributed by atoms with Crippen molar-refractivity contribution in [3.05, 3.63) is 35.9 Å². The topological polar surface area (TPSA) is 15.3 Å². The molecule has 2 nitrogen and oxygen atoms in total. The van der Waals surface area contributed by atoms with Crippen molar-refractivity contribution >= 4 is 0 Å². The first-order valence-electron chi connectivity index (χ1n) is 8.32. The van der Waals surface area contributed by atoms with Crippen LogP contribution in [0.15, 0.2) is 30.3 Å². The van der Waals surface area contributed by atoms with E-state index in [1.165, 1.54) is 57.3 Å². The third-order valence-electron chi connectivity index (χ3n) is 5.43. The number of nitrogens with zero attached hydrogens (tertiary/aromatic N) is 1. The standard InChI is InChI=1S/C18H28N2/c1-2-18(10-6-7-11-18)15-20-13-12-19-17(14-20)16-8-4-3-5-9-16/h3-5,8-9,17,19H,2,6-7,10-15H2,1H3. The van der Waals surface area contributed by atoms with Crippen molar-refractivity contribution in [1.82, 2.24) is 10.2 Å². The first-order valence-corrected chi connectivity index (χ1v) is 8.32. The Labute approximate surface area is 123 Å². The third kappa shape index (κ3) is 3.07. The molecule has 1 saturated heterocycles. The highest BCUT2D eigenvalue weighted by atomic mass is 15.2. The monoisotopic (exact) mass is 272 g/mol. The number of benzene rings is 1. The third-order valence-corrected chi connectivity index (χ3v) is 5.43. The molecule has 2 fully saturated rings. The summed E-state index contributed by atoms with van der Waals surface area (Å²) in [5.41, 5.74) is 2.06. The molecule has 2 heteroatoms. The van der Waals surface area contributed by atoms with Crippen molar-refractivity contribution < 1.29 is 0 Å². The summed E-state index contributed by atoms with van der Waals surface area (Å²) in [7, 11) is 0. The Kier molecular flexibility index (Phi) is 4.42. The van der Waals surface area contributed by atoms with Gasteiger partial charge in [0.25, 0.3) is 0 Å². The van der Waals surface area contributed by atoms with Crippen LogP contribution in [0.2, 0.25) is 0 Å². The van der Waals surface area contributed by atoms with E-state index in [9.17, 15) is 0 Å². The molecule has 0 radical (unpaired) electrons. The Morgan fingerprint density at radius 1 is 1.20 bits per heavy atom. The van der Waals surface area contributed by atoms with Gasteiger partial charge in [0.1, 0.15) is 0 Å². The van der Waals surface area contributed by atoms with Crippen LogP contribution in [0.4, 0.5) is 0 Å². The van der Waals surface area contributed by atoms with Crippen LogP contribution in [0.1, 0.15) is 50.6 Å². The van der Waals surface area contributed by atoms with Gasteiger partial charge in [-0.15, -0.1) is 0 Å². The van der Waals surface area contributed by atoms with E-state index in [4.69, 9.17) is 0 Å². The van der Waals surface area contributed by atoms with E-state index < -0.39 is 0 Å². The first-order chi connectivity index (χ1) is 9.81. The fourth-order valence-corrected chi connectivity index (χ4v) is 4.09. The van der Waals surface area contributed by atoms with E-state index in [1.54, 1.807) is 0 Å². The fourth-order valence-electron chi connectivity index (χ4n) is 4.09. The maximum Gasteiger partial charge on any atom is 0.0449 e. The van der Waals surface area contributed by atoms with Crippen LogP contribution in [0.5, 0.6) is 0 Å². The van der Waals surface area contributed by atoms with E-state index >= 15 is 0 Å². The molecule has 20 heavy (non-hydrogen) atoms. The molecule has 110 valence electrons. The zero-order valence-electron chi connectivity index (χ0n) is 12.8. The normalized spacial score (nSPS) is 26.8. The van der Waals surface area contributed by atoms with Crippen molar-refractivity contribution in [1.29, 1.82) is 0 Å². The SMILES string of the molecule is CCC1(CN2CCNC(c3ccccc3)C2)CCCC1. The molecular weight excluding hydrogens is 244 g/mol. The van der Waals surface area contributed by atoms with Gasteiger partial charge in [-0.3, -0.25) is 4.90 Å². The summed E-state index contributed by atoms with van der Waals surface area (Å²) in [6.45, 7) is 7.22. The second-order valence-corrected chi connectivity index (χ2v) is 6.71. The molecule has 3 rings (SSSR count). The average Bonchev–Trinajstić information content (AvgIpc) is 2.97. The lowest BCUT2D eigenvalue weighted by Gasteiger charge is -2.40. The number of hydrogen-bond acceptors (Lipinski definition) is 2. The summed E-state index contributed by atoms with van der Waals surface area (Å²) >= 11 is 0. The highest BCUT2D eigenvalue weighted by molar-refractivity contribution is 5.19. The van der Waals surface area contributed by atoms with Gasteiger partial charge in [0.15, 0.2) is 0 Å². The summed E-state index contributed by atoms with van der Waals surface area (Å²) in [4.78, 5) is 2.71. The molecule has 1 heterocycles. The molecular formula is C18H28N2. The van der Waals surface area contributed by atoms with Gasteiger partial charge in [0.05, 0.1) is 0 Å². The Morgan fingerprint density at radius 2 is 1.95 bits per heavy atom. The van der Waals surface area contributed by atoms with Crippen molar-refractivity contribution in [3.8, 4) is 0 Å². The van der Waals surface area contributed by atoms with Crippen molar-refractivity contribution in [2.24, 2.45) is 5.41 Å². The Morgan fingerprint density at radius 3 is 2.65 bits per heavy atom. The van der Waals surface area contributed by atoms with Gasteiger partial charge in [-0.1, -0.05) is 50.1 Å². The Bertz CT molecular complexity index is 409. The van der Waals surface area contributed by atoms with Crippen molar-refractivity contribution in [2.45, 2.75) is 45.1 Å². The smallest absolute Gasteiger partial charge is 0.0449 e. The molecule has 0 spiro atoms. The molecule has 1 atom stereocenters. The van der Waals surface area contributed by atoms with Crippen LogP contribution in [0, 0.1) is 5.41 Å². The average molecular weight is 272 g/mol. The van der Waals surface area contributed by atoms with Crippen molar-refractivity contribution in [3.63, 3.8) is 0 Å². The number of rotatable bonds is 4. The van der Waals surface area contributed by atoms with E-state index in [-0.39, 0.29) is 0 Å². The summed E-state index contributed by atoms with van der Waals surface area (Å²) in [5, 5.41) is 3.68. The van der Waals surface area contributed by atoms with Gasteiger partial charge in [0, 0.05) is 32.2 Å². The first kappa shape index (κ1) is 14.1. The molecule has 0 amide bonds. The van der Waals surface area contributed by atoms with Crippen LogP contribution >= 0.6 is 0 Å². The molecule has 0 bridgehead atoms. The molecule has 1 aliphatic carbocycles. The Balaban J connectivity index is 1.63. The van der Waals surface area contributed by atoms with Crippen molar-refractivity contribution in [2.75, 3.05) is 26.2 Å². The minimum atomic E-state index is 0.514. The molecule has 1 aromatic rings. The van der Waals surface area contributed by atoms with Crippen LogP contribution in [0.3, 0.4) is 0 Å². The quantitative estimate of drug-likeness (QED) is 0.901. The van der Waals surface area contributed by atoms with E-state index in [0.717, 1.165) is 6.54 Å². The highest BCUT2D eigenvalue weighted by Gasteiger charge is 2.35. The lowest BCUT2D eigenvalue weighted by atomic mass is 9.82. The maximum atomic E-state index is 3.68. The zero-order valence-corrected chi connectivity index (χ0v) is 12.8. The summed E-state index contributed by atoms with van der Waals surface area (Å²) in [6, 6.07) is 11.4. The highest BCUT2D eigenvalue weighted by Crippen LogP contribution is 2.41. The second kappa shape index (κ2) is 6.28. The van der Waals surface area contributed by atoms with Gasteiger partial charge in [-0.05, 0) is 30.2 Å². The van der Waals surface area contributed by atoms with Gasteiger partial charge in [0.2, 0.25) is 0 Å². The number of hydrogen-bond donors (Lipinski definition) is 1. The molecule has 2 aliphatic rings. The molecule has 0 aromatic heterocycles. The predicted molar refractivity (Wildman–Crippen MR) is 84.8 cm³/mol. The maximum absolute atomic E-state index is 3.68. The fraction of sp³-hybridized carbons (Fsp3) is 0.667. The van der Waals surface area contributed by atoms with Crippen LogP contribution in [-0.2, 0) is 0 Å². The van der Waals surface area contributed by atoms with Gasteiger partial charge < -0.3 is 5.32 Å². The van der Waals surface area contributed by atoms with E-state index in [2.05, 4.69) is 47.5 Å². The minimum Gasteiger partial charge on any atom is -0.308 e. The zero-order chi connectivity index (χ0) is 13.8. The lowest BCUT2D eigenvalue weighted by Crippen LogP contribution is -2.49. The van der Waals surface area contributed by atoms with Gasteiger partial charge >= 0.3 is 0 Å². The van der Waals surface area contributed by atoms with Crippen LogP contribution in [-0.4, -0.2) is 31.1 Å². The molecule has 1 unspecified atom stereocenters. The van der Waals surface area contributed by atoms with Crippen LogP contribution < -0.4 is 5.32 Å². The molecule has 1 saturated carbocycles. The van der Waals surface area contributed by atoms with E-state index in [0.29, 0.717) is 11.5 Å². The van der Waals surface area contributed by atoms with E-state index in [1.807, 2.05) is 0 Å². The summed E-state index contributed by atoms with van der Waals surface area (Å²) in [5.74, 6) is 0. The van der Waals surface area contributed by atoms with Gasteiger partial charge in [-0.2, -0.15) is 0 Å². The largest absolute Gasteiger partial charge is 0.308 e. The second-order valence-electron chi connectivity index (χ2n) is 6.71. The number of nitrogens with one attached hydrogen (secondary N) is 1. The minimum absolute atomic E-state index is 0.514. The number of piperazine rings is 1. The molecule has 1 aromatic carbocycles. The van der Waals surface area contributed by atoms with Crippen LogP contribution in [0.25, 0.3) is 0 Å². The molecule has 1 aliphatic heterocycles. The summed E-state index contributed by atoms with van der Waals surface area (Å²) < 4.78 is 0. The Hall–Kier alpha value is -0.860. The lowest BCUT2D eigenvalue weighted by molar-refractivity contribution is 0.115.